The van der Waals surface area contributed by atoms with Crippen LogP contribution in [-0.4, -0.2) is 33.8 Å². The van der Waals surface area contributed by atoms with Gasteiger partial charge in [0.05, 0.1) is 4.92 Å². The average Bonchev–Trinajstić information content (AvgIpc) is 2.75. The molecule has 118 valence electrons. The van der Waals surface area contributed by atoms with Crippen LogP contribution in [-0.2, 0) is 7.05 Å². The number of hydrogen-bond acceptors (Lipinski definition) is 5. The topological polar surface area (TPSA) is 90.2 Å². The van der Waals surface area contributed by atoms with Crippen LogP contribution >= 0.6 is 0 Å². The van der Waals surface area contributed by atoms with Gasteiger partial charge in [-0.2, -0.15) is 5.10 Å². The Labute approximate surface area is 125 Å². The second-order valence-corrected chi connectivity index (χ2v) is 5.77. The second kappa shape index (κ2) is 6.43. The quantitative estimate of drug-likeness (QED) is 0.662. The van der Waals surface area contributed by atoms with Crippen molar-refractivity contribution in [2.45, 2.75) is 45.6 Å². The molecule has 2 unspecified atom stereocenters. The fraction of sp³-hybridized carbons (Fsp3) is 0.786. The SMILES string of the molecule is CCN(c1c([N+](=O)[O-])c(C)nn1C)C1CCCCC1CN. The Morgan fingerprint density at radius 2 is 2.14 bits per heavy atom. The Hall–Kier alpha value is -1.63. The Morgan fingerprint density at radius 3 is 2.71 bits per heavy atom. The van der Waals surface area contributed by atoms with Gasteiger partial charge in [-0.1, -0.05) is 12.8 Å². The third kappa shape index (κ3) is 2.88. The highest BCUT2D eigenvalue weighted by molar-refractivity contribution is 5.62. The van der Waals surface area contributed by atoms with Crippen molar-refractivity contribution >= 4 is 11.5 Å². The van der Waals surface area contributed by atoms with Crippen LogP contribution in [0, 0.1) is 23.0 Å². The van der Waals surface area contributed by atoms with Crippen LogP contribution in [0.15, 0.2) is 0 Å². The molecule has 1 fully saturated rings. The lowest BCUT2D eigenvalue weighted by Gasteiger charge is -2.39. The minimum Gasteiger partial charge on any atom is -0.348 e. The van der Waals surface area contributed by atoms with Crippen molar-refractivity contribution in [3.63, 3.8) is 0 Å². The summed E-state index contributed by atoms with van der Waals surface area (Å²) in [4.78, 5) is 13.2. The van der Waals surface area contributed by atoms with Crippen molar-refractivity contribution in [2.75, 3.05) is 18.0 Å². The Morgan fingerprint density at radius 1 is 1.48 bits per heavy atom. The minimum absolute atomic E-state index is 0.126. The van der Waals surface area contributed by atoms with E-state index < -0.39 is 0 Å². The zero-order valence-electron chi connectivity index (χ0n) is 13.1. The third-order valence-corrected chi connectivity index (χ3v) is 4.53. The summed E-state index contributed by atoms with van der Waals surface area (Å²) >= 11 is 0. The van der Waals surface area contributed by atoms with E-state index in [1.165, 1.54) is 6.42 Å². The highest BCUT2D eigenvalue weighted by atomic mass is 16.6. The summed E-state index contributed by atoms with van der Waals surface area (Å²) in [7, 11) is 1.78. The minimum atomic E-state index is -0.319. The summed E-state index contributed by atoms with van der Waals surface area (Å²) in [6.45, 7) is 5.08. The number of aromatic nitrogens is 2. The molecular weight excluding hydrogens is 270 g/mol. The lowest BCUT2D eigenvalue weighted by atomic mass is 9.83. The van der Waals surface area contributed by atoms with Crippen molar-refractivity contribution in [3.8, 4) is 0 Å². The predicted octanol–water partition coefficient (Wildman–Crippen LogP) is 1.98. The molecule has 1 aliphatic rings. The second-order valence-electron chi connectivity index (χ2n) is 5.77. The summed E-state index contributed by atoms with van der Waals surface area (Å²) in [5.41, 5.74) is 6.52. The molecule has 0 spiro atoms. The van der Waals surface area contributed by atoms with E-state index in [1.54, 1.807) is 18.7 Å². The van der Waals surface area contributed by atoms with Crippen LogP contribution in [0.1, 0.15) is 38.3 Å². The molecule has 0 aliphatic heterocycles. The molecule has 2 N–H and O–H groups in total. The Balaban J connectivity index is 2.43. The molecule has 1 aromatic heterocycles. The largest absolute Gasteiger partial charge is 0.348 e. The summed E-state index contributed by atoms with van der Waals surface area (Å²) in [5, 5.41) is 15.7. The first-order chi connectivity index (χ1) is 10.0. The van der Waals surface area contributed by atoms with Crippen molar-refractivity contribution in [1.82, 2.24) is 9.78 Å². The number of aryl methyl sites for hydroxylation is 2. The fourth-order valence-corrected chi connectivity index (χ4v) is 3.59. The van der Waals surface area contributed by atoms with Gasteiger partial charge in [0.1, 0.15) is 5.69 Å². The smallest absolute Gasteiger partial charge is 0.333 e. The Bertz CT molecular complexity index is 514. The lowest BCUT2D eigenvalue weighted by Crippen LogP contribution is -2.46. The first kappa shape index (κ1) is 15.8. The van der Waals surface area contributed by atoms with Crippen LogP contribution in [0.2, 0.25) is 0 Å². The molecule has 0 amide bonds. The van der Waals surface area contributed by atoms with E-state index in [0.29, 0.717) is 24.0 Å². The summed E-state index contributed by atoms with van der Waals surface area (Å²) in [5.74, 6) is 1.01. The van der Waals surface area contributed by atoms with Crippen LogP contribution in [0.5, 0.6) is 0 Å². The van der Waals surface area contributed by atoms with Gasteiger partial charge in [-0.15, -0.1) is 0 Å². The van der Waals surface area contributed by atoms with Gasteiger partial charge in [0, 0.05) is 19.6 Å². The number of hydrogen-bond donors (Lipinski definition) is 1. The van der Waals surface area contributed by atoms with Gasteiger partial charge in [0.2, 0.25) is 5.82 Å². The number of nitro groups is 1. The molecule has 0 aromatic carbocycles. The van der Waals surface area contributed by atoms with Gasteiger partial charge in [-0.05, 0) is 39.2 Å². The standard InChI is InChI=1S/C14H25N5O2/c1-4-18(12-8-6-5-7-11(12)9-15)14-13(19(20)21)10(2)16-17(14)3/h11-12H,4-9,15H2,1-3H3. The van der Waals surface area contributed by atoms with E-state index in [4.69, 9.17) is 5.73 Å². The summed E-state index contributed by atoms with van der Waals surface area (Å²) < 4.78 is 1.64. The molecule has 2 atom stereocenters. The van der Waals surface area contributed by atoms with E-state index in [9.17, 15) is 10.1 Å². The highest BCUT2D eigenvalue weighted by Crippen LogP contribution is 2.37. The van der Waals surface area contributed by atoms with Crippen molar-refractivity contribution < 1.29 is 4.92 Å². The normalized spacial score (nSPS) is 22.3. The van der Waals surface area contributed by atoms with E-state index >= 15 is 0 Å². The molecule has 0 bridgehead atoms. The lowest BCUT2D eigenvalue weighted by molar-refractivity contribution is -0.384. The molecule has 21 heavy (non-hydrogen) atoms. The van der Waals surface area contributed by atoms with Crippen LogP contribution in [0.3, 0.4) is 0 Å². The molecule has 1 saturated carbocycles. The third-order valence-electron chi connectivity index (χ3n) is 4.53. The van der Waals surface area contributed by atoms with Gasteiger partial charge in [-0.3, -0.25) is 10.1 Å². The van der Waals surface area contributed by atoms with E-state index in [-0.39, 0.29) is 16.7 Å². The van der Waals surface area contributed by atoms with Crippen LogP contribution in [0.25, 0.3) is 0 Å². The first-order valence-electron chi connectivity index (χ1n) is 7.65. The molecule has 0 saturated heterocycles. The summed E-state index contributed by atoms with van der Waals surface area (Å²) in [6, 6.07) is 0.266. The maximum Gasteiger partial charge on any atom is 0.333 e. The first-order valence-corrected chi connectivity index (χ1v) is 7.65. The molecule has 1 aliphatic carbocycles. The summed E-state index contributed by atoms with van der Waals surface area (Å²) in [6.07, 6.45) is 4.49. The van der Waals surface area contributed by atoms with Crippen molar-refractivity contribution in [1.29, 1.82) is 0 Å². The number of nitrogens with zero attached hydrogens (tertiary/aromatic N) is 4. The molecule has 0 radical (unpaired) electrons. The van der Waals surface area contributed by atoms with Gasteiger partial charge in [0.15, 0.2) is 0 Å². The van der Waals surface area contributed by atoms with E-state index in [0.717, 1.165) is 25.8 Å². The maximum absolute atomic E-state index is 11.4. The van der Waals surface area contributed by atoms with Crippen LogP contribution in [0.4, 0.5) is 11.5 Å². The molecule has 1 aromatic rings. The van der Waals surface area contributed by atoms with E-state index in [2.05, 4.69) is 10.00 Å². The molecular formula is C14H25N5O2. The maximum atomic E-state index is 11.4. The zero-order chi connectivity index (χ0) is 15.6. The average molecular weight is 295 g/mol. The van der Waals surface area contributed by atoms with Crippen LogP contribution < -0.4 is 10.6 Å². The monoisotopic (exact) mass is 295 g/mol. The molecule has 2 rings (SSSR count). The van der Waals surface area contributed by atoms with Gasteiger partial charge < -0.3 is 10.6 Å². The van der Waals surface area contributed by atoms with Gasteiger partial charge in [0.25, 0.3) is 0 Å². The molecule has 7 nitrogen and oxygen atoms in total. The fourth-order valence-electron chi connectivity index (χ4n) is 3.59. The van der Waals surface area contributed by atoms with Crippen molar-refractivity contribution in [2.24, 2.45) is 18.7 Å². The number of nitrogens with two attached hydrogens (primary N) is 1. The molecule has 7 heteroatoms. The molecule has 1 heterocycles. The predicted molar refractivity (Wildman–Crippen MR) is 82.4 cm³/mol. The van der Waals surface area contributed by atoms with Crippen molar-refractivity contribution in [3.05, 3.63) is 15.8 Å². The van der Waals surface area contributed by atoms with Gasteiger partial charge in [-0.25, -0.2) is 4.68 Å². The number of anilines is 1. The highest BCUT2D eigenvalue weighted by Gasteiger charge is 2.35. The Kier molecular flexibility index (Phi) is 4.82. The van der Waals surface area contributed by atoms with Gasteiger partial charge >= 0.3 is 5.69 Å². The zero-order valence-corrected chi connectivity index (χ0v) is 13.1. The van der Waals surface area contributed by atoms with E-state index in [1.807, 2.05) is 6.92 Å². The number of rotatable bonds is 5.